The minimum atomic E-state index is -2.97. The van der Waals surface area contributed by atoms with E-state index < -0.39 is 12.4 Å². The van der Waals surface area contributed by atoms with Crippen molar-refractivity contribution in [3.8, 4) is 11.5 Å². The molecule has 0 unspecified atom stereocenters. The summed E-state index contributed by atoms with van der Waals surface area (Å²) in [5.74, 6) is -0.683. The van der Waals surface area contributed by atoms with E-state index in [1.807, 2.05) is 0 Å². The predicted molar refractivity (Wildman–Crippen MR) is 109 cm³/mol. The van der Waals surface area contributed by atoms with Gasteiger partial charge in [0.1, 0.15) is 5.82 Å². The van der Waals surface area contributed by atoms with Crippen LogP contribution in [-0.2, 0) is 16.0 Å². The van der Waals surface area contributed by atoms with Gasteiger partial charge in [-0.15, -0.1) is 11.8 Å². The minimum absolute atomic E-state index is 0.0671. The van der Waals surface area contributed by atoms with Crippen molar-refractivity contribution >= 4 is 29.3 Å². The van der Waals surface area contributed by atoms with E-state index in [1.54, 1.807) is 6.07 Å². The number of thioether (sulfide) groups is 1. The summed E-state index contributed by atoms with van der Waals surface area (Å²) in [6.07, 6.45) is 0.408. The van der Waals surface area contributed by atoms with Crippen molar-refractivity contribution in [2.24, 2.45) is 0 Å². The van der Waals surface area contributed by atoms with Crippen LogP contribution in [0.25, 0.3) is 0 Å². The van der Waals surface area contributed by atoms with E-state index in [4.69, 9.17) is 4.74 Å². The van der Waals surface area contributed by atoms with Gasteiger partial charge in [0.05, 0.1) is 18.6 Å². The molecule has 0 fully saturated rings. The molecule has 2 amide bonds. The van der Waals surface area contributed by atoms with Gasteiger partial charge in [-0.05, 0) is 48.4 Å². The lowest BCUT2D eigenvalue weighted by atomic mass is 10.1. The number of benzene rings is 2. The van der Waals surface area contributed by atoms with Gasteiger partial charge >= 0.3 is 6.61 Å². The second kappa shape index (κ2) is 12.0. The highest BCUT2D eigenvalue weighted by molar-refractivity contribution is 8.00. The van der Waals surface area contributed by atoms with Crippen molar-refractivity contribution in [1.29, 1.82) is 0 Å². The zero-order valence-electron chi connectivity index (χ0n) is 16.1. The van der Waals surface area contributed by atoms with E-state index in [1.165, 1.54) is 43.5 Å². The Labute approximate surface area is 176 Å². The number of hydrogen-bond acceptors (Lipinski definition) is 5. The Hall–Kier alpha value is -2.88. The maximum Gasteiger partial charge on any atom is 0.387 e. The fourth-order valence-electron chi connectivity index (χ4n) is 2.43. The number of carbonyl (C=O) groups is 2. The summed E-state index contributed by atoms with van der Waals surface area (Å²) < 4.78 is 47.1. The number of amides is 2. The molecule has 0 saturated heterocycles. The lowest BCUT2D eigenvalue weighted by Gasteiger charge is -2.12. The highest BCUT2D eigenvalue weighted by atomic mass is 32.2. The highest BCUT2D eigenvalue weighted by Gasteiger charge is 2.12. The Morgan fingerprint density at radius 2 is 1.73 bits per heavy atom. The lowest BCUT2D eigenvalue weighted by Crippen LogP contribution is -2.28. The number of nitrogens with one attached hydrogen (secondary N) is 2. The van der Waals surface area contributed by atoms with E-state index in [0.29, 0.717) is 24.2 Å². The van der Waals surface area contributed by atoms with E-state index in [-0.39, 0.29) is 34.8 Å². The molecule has 0 spiro atoms. The zero-order chi connectivity index (χ0) is 21.9. The van der Waals surface area contributed by atoms with Crippen LogP contribution < -0.4 is 20.1 Å². The van der Waals surface area contributed by atoms with Gasteiger partial charge in [-0.1, -0.05) is 6.07 Å². The van der Waals surface area contributed by atoms with E-state index in [2.05, 4.69) is 15.4 Å². The third kappa shape index (κ3) is 8.24. The molecule has 162 valence electrons. The molecule has 30 heavy (non-hydrogen) atoms. The van der Waals surface area contributed by atoms with Crippen LogP contribution in [0.15, 0.2) is 42.5 Å². The van der Waals surface area contributed by atoms with E-state index >= 15 is 0 Å². The monoisotopic (exact) mass is 442 g/mol. The summed E-state index contributed by atoms with van der Waals surface area (Å²) in [4.78, 5) is 23.7. The molecule has 2 N–H and O–H groups in total. The molecule has 10 heteroatoms. The Balaban J connectivity index is 1.68. The third-order valence-corrected chi connectivity index (χ3v) is 4.71. The molecule has 0 aromatic heterocycles. The molecule has 0 aliphatic rings. The number of hydrogen-bond donors (Lipinski definition) is 2. The maximum absolute atomic E-state index is 12.8. The summed E-state index contributed by atoms with van der Waals surface area (Å²) in [6, 6.07) is 10.0. The predicted octanol–water partition coefficient (Wildman–Crippen LogP) is 3.47. The molecule has 0 atom stereocenters. The first-order chi connectivity index (χ1) is 14.4. The van der Waals surface area contributed by atoms with E-state index in [9.17, 15) is 22.8 Å². The largest absolute Gasteiger partial charge is 0.493 e. The first-order valence-corrected chi connectivity index (χ1v) is 10.0. The number of anilines is 1. The standard InChI is InChI=1S/C20H21F3N2O4S/c1-28-16-7-2-13(10-17(16)29-20(22)23)8-9-24-18(26)11-30-12-19(27)25-15-5-3-14(21)4-6-15/h2-7,10,20H,8-9,11-12H2,1H3,(H,24,26)(H,25,27). The summed E-state index contributed by atoms with van der Waals surface area (Å²) in [6.45, 7) is -2.67. The molecule has 0 aliphatic carbocycles. The second-order valence-corrected chi connectivity index (χ2v) is 7.00. The topological polar surface area (TPSA) is 76.7 Å². The summed E-state index contributed by atoms with van der Waals surface area (Å²) in [5, 5.41) is 5.30. The summed E-state index contributed by atoms with van der Waals surface area (Å²) in [5.41, 5.74) is 1.17. The van der Waals surface area contributed by atoms with Crippen molar-refractivity contribution in [1.82, 2.24) is 5.32 Å². The van der Waals surface area contributed by atoms with Crippen molar-refractivity contribution in [3.05, 3.63) is 53.8 Å². The number of rotatable bonds is 11. The SMILES string of the molecule is COc1ccc(CCNC(=O)CSCC(=O)Nc2ccc(F)cc2)cc1OC(F)F. The van der Waals surface area contributed by atoms with Gasteiger partial charge in [-0.25, -0.2) is 4.39 Å². The first kappa shape index (κ1) is 23.4. The van der Waals surface area contributed by atoms with Gasteiger partial charge in [0.15, 0.2) is 11.5 Å². The van der Waals surface area contributed by atoms with Crippen LogP contribution in [0.4, 0.5) is 18.9 Å². The van der Waals surface area contributed by atoms with E-state index in [0.717, 1.165) is 11.8 Å². The van der Waals surface area contributed by atoms with Crippen molar-refractivity contribution in [2.45, 2.75) is 13.0 Å². The quantitative estimate of drug-likeness (QED) is 0.557. The van der Waals surface area contributed by atoms with Gasteiger partial charge in [-0.2, -0.15) is 8.78 Å². The van der Waals surface area contributed by atoms with Crippen LogP contribution in [-0.4, -0.2) is 43.6 Å². The van der Waals surface area contributed by atoms with Gasteiger partial charge in [-0.3, -0.25) is 9.59 Å². The maximum atomic E-state index is 12.8. The van der Waals surface area contributed by atoms with Crippen molar-refractivity contribution in [3.63, 3.8) is 0 Å². The molecule has 2 aromatic rings. The normalized spacial score (nSPS) is 10.6. The minimum Gasteiger partial charge on any atom is -0.493 e. The van der Waals surface area contributed by atoms with Crippen LogP contribution in [0.2, 0.25) is 0 Å². The van der Waals surface area contributed by atoms with Crippen molar-refractivity contribution < 1.29 is 32.2 Å². The lowest BCUT2D eigenvalue weighted by molar-refractivity contribution is -0.118. The third-order valence-electron chi connectivity index (χ3n) is 3.77. The molecule has 0 radical (unpaired) electrons. The van der Waals surface area contributed by atoms with Gasteiger partial charge in [0.2, 0.25) is 11.8 Å². The number of halogens is 3. The number of ether oxygens (including phenoxy) is 2. The molecule has 6 nitrogen and oxygen atoms in total. The Morgan fingerprint density at radius 3 is 2.40 bits per heavy atom. The van der Waals surface area contributed by atoms with Gasteiger partial charge in [0, 0.05) is 12.2 Å². The molecule has 2 aromatic carbocycles. The van der Waals surface area contributed by atoms with Crippen LogP contribution in [0.5, 0.6) is 11.5 Å². The number of carbonyl (C=O) groups excluding carboxylic acids is 2. The smallest absolute Gasteiger partial charge is 0.387 e. The number of methoxy groups -OCH3 is 1. The van der Waals surface area contributed by atoms with Crippen LogP contribution >= 0.6 is 11.8 Å². The fraction of sp³-hybridized carbons (Fsp3) is 0.300. The summed E-state index contributed by atoms with van der Waals surface area (Å²) >= 11 is 1.13. The molecule has 0 saturated carbocycles. The number of alkyl halides is 2. The molecule has 0 aliphatic heterocycles. The molecule has 2 rings (SSSR count). The Bertz CT molecular complexity index is 850. The van der Waals surface area contributed by atoms with Gasteiger partial charge in [0.25, 0.3) is 0 Å². The van der Waals surface area contributed by atoms with Crippen LogP contribution in [0.1, 0.15) is 5.56 Å². The van der Waals surface area contributed by atoms with Crippen LogP contribution in [0.3, 0.4) is 0 Å². The molecule has 0 heterocycles. The zero-order valence-corrected chi connectivity index (χ0v) is 16.9. The molecular weight excluding hydrogens is 421 g/mol. The average molecular weight is 442 g/mol. The molecule has 0 bridgehead atoms. The highest BCUT2D eigenvalue weighted by Crippen LogP contribution is 2.29. The Kier molecular flexibility index (Phi) is 9.33. The second-order valence-electron chi connectivity index (χ2n) is 6.01. The molecular formula is C20H21F3N2O4S. The fourth-order valence-corrected chi connectivity index (χ4v) is 3.08. The average Bonchev–Trinajstić information content (AvgIpc) is 2.69. The summed E-state index contributed by atoms with van der Waals surface area (Å²) in [7, 11) is 1.35. The Morgan fingerprint density at radius 1 is 1.03 bits per heavy atom. The first-order valence-electron chi connectivity index (χ1n) is 8.89. The van der Waals surface area contributed by atoms with Crippen molar-refractivity contribution in [2.75, 3.05) is 30.5 Å². The van der Waals surface area contributed by atoms with Crippen LogP contribution in [0, 0.1) is 5.82 Å². The van der Waals surface area contributed by atoms with Gasteiger partial charge < -0.3 is 20.1 Å².